The normalized spacial score (nSPS) is 11.8. The van der Waals surface area contributed by atoms with Gasteiger partial charge >= 0.3 is 0 Å². The fourth-order valence-corrected chi connectivity index (χ4v) is 3.27. The Morgan fingerprint density at radius 3 is 2.05 bits per heavy atom. The zero-order valence-electron chi connectivity index (χ0n) is 13.2. The molecule has 0 radical (unpaired) electrons. The maximum atomic E-state index is 6.34. The van der Waals surface area contributed by atoms with Crippen LogP contribution in [0.2, 0.25) is 0 Å². The van der Waals surface area contributed by atoms with Gasteiger partial charge in [-0.15, -0.1) is 0 Å². The molecule has 0 atom stereocenters. The second-order valence-corrected chi connectivity index (χ2v) is 7.59. The molecule has 22 heavy (non-hydrogen) atoms. The third kappa shape index (κ3) is 2.76. The molecule has 0 heterocycles. The summed E-state index contributed by atoms with van der Waals surface area (Å²) in [6.45, 7) is 6.61. The summed E-state index contributed by atoms with van der Waals surface area (Å²) in [5.41, 5.74) is 10.7. The molecule has 0 saturated heterocycles. The molecule has 2 N–H and O–H groups in total. The summed E-state index contributed by atoms with van der Waals surface area (Å²) in [5, 5.41) is 2.45. The molecule has 0 spiro atoms. The lowest BCUT2D eigenvalue weighted by Crippen LogP contribution is -2.11. The summed E-state index contributed by atoms with van der Waals surface area (Å²) in [6.07, 6.45) is 0. The van der Waals surface area contributed by atoms with Crippen molar-refractivity contribution >= 4 is 32.4 Å². The summed E-state index contributed by atoms with van der Waals surface area (Å²) in [6, 6.07) is 19.1. The van der Waals surface area contributed by atoms with E-state index in [2.05, 4.69) is 91.3 Å². The first-order valence-electron chi connectivity index (χ1n) is 7.45. The van der Waals surface area contributed by atoms with Gasteiger partial charge in [0.05, 0.1) is 0 Å². The number of rotatable bonds is 1. The molecule has 0 amide bonds. The van der Waals surface area contributed by atoms with Gasteiger partial charge in [0, 0.05) is 15.7 Å². The molecule has 3 aromatic rings. The molecule has 0 aliphatic rings. The van der Waals surface area contributed by atoms with Crippen molar-refractivity contribution in [2.45, 2.75) is 26.2 Å². The highest BCUT2D eigenvalue weighted by atomic mass is 79.9. The number of halogens is 1. The standard InChI is InChI=1S/C20H20BrN/c1-20(2,3)15-8-9-16(19(22)12-15)17-10-13-6-4-5-7-14(13)11-18(17)21/h4-12H,22H2,1-3H3. The van der Waals surface area contributed by atoms with E-state index in [1.165, 1.54) is 16.3 Å². The van der Waals surface area contributed by atoms with Crippen molar-refractivity contribution in [3.8, 4) is 11.1 Å². The second kappa shape index (κ2) is 5.44. The van der Waals surface area contributed by atoms with Gasteiger partial charge in [0.2, 0.25) is 0 Å². The van der Waals surface area contributed by atoms with Gasteiger partial charge < -0.3 is 5.73 Å². The Morgan fingerprint density at radius 2 is 1.45 bits per heavy atom. The molecule has 1 nitrogen and oxygen atoms in total. The monoisotopic (exact) mass is 353 g/mol. The molecule has 0 unspecified atom stereocenters. The van der Waals surface area contributed by atoms with Crippen molar-refractivity contribution < 1.29 is 0 Å². The van der Waals surface area contributed by atoms with Crippen LogP contribution in [0.1, 0.15) is 26.3 Å². The number of nitrogens with two attached hydrogens (primary N) is 1. The van der Waals surface area contributed by atoms with Crippen LogP contribution in [0.5, 0.6) is 0 Å². The van der Waals surface area contributed by atoms with E-state index in [0.717, 1.165) is 21.3 Å². The Balaban J connectivity index is 2.17. The maximum Gasteiger partial charge on any atom is 0.0397 e. The van der Waals surface area contributed by atoms with Gasteiger partial charge in [0.25, 0.3) is 0 Å². The number of benzene rings is 3. The Kier molecular flexibility index (Phi) is 3.73. The average molecular weight is 354 g/mol. The van der Waals surface area contributed by atoms with E-state index in [4.69, 9.17) is 5.73 Å². The molecule has 0 saturated carbocycles. The molecule has 0 aliphatic heterocycles. The number of hydrogen-bond donors (Lipinski definition) is 1. The number of hydrogen-bond acceptors (Lipinski definition) is 1. The van der Waals surface area contributed by atoms with Gasteiger partial charge in [-0.2, -0.15) is 0 Å². The zero-order valence-corrected chi connectivity index (χ0v) is 14.7. The van der Waals surface area contributed by atoms with Crippen LogP contribution >= 0.6 is 15.9 Å². The summed E-state index contributed by atoms with van der Waals surface area (Å²) < 4.78 is 1.07. The van der Waals surface area contributed by atoms with Crippen LogP contribution < -0.4 is 5.73 Å². The van der Waals surface area contributed by atoms with Crippen molar-refractivity contribution in [2.24, 2.45) is 0 Å². The van der Waals surface area contributed by atoms with Crippen molar-refractivity contribution in [1.82, 2.24) is 0 Å². The molecule has 0 bridgehead atoms. The highest BCUT2D eigenvalue weighted by Crippen LogP contribution is 2.37. The Morgan fingerprint density at radius 1 is 0.818 bits per heavy atom. The molecule has 2 heteroatoms. The minimum atomic E-state index is 0.104. The van der Waals surface area contributed by atoms with Gasteiger partial charge in [-0.3, -0.25) is 0 Å². The van der Waals surface area contributed by atoms with E-state index in [9.17, 15) is 0 Å². The van der Waals surface area contributed by atoms with Gasteiger partial charge in [0.1, 0.15) is 0 Å². The third-order valence-corrected chi connectivity index (χ3v) is 4.70. The summed E-state index contributed by atoms with van der Waals surface area (Å²) in [7, 11) is 0. The first kappa shape index (κ1) is 15.1. The number of anilines is 1. The zero-order chi connectivity index (χ0) is 15.9. The van der Waals surface area contributed by atoms with Crippen LogP contribution in [0.4, 0.5) is 5.69 Å². The predicted octanol–water partition coefficient (Wildman–Crippen LogP) is 6.15. The second-order valence-electron chi connectivity index (χ2n) is 6.73. The van der Waals surface area contributed by atoms with Crippen LogP contribution in [0, 0.1) is 0 Å². The lowest BCUT2D eigenvalue weighted by atomic mass is 9.85. The largest absolute Gasteiger partial charge is 0.398 e. The number of fused-ring (bicyclic) bond motifs is 1. The Bertz CT molecular complexity index is 844. The van der Waals surface area contributed by atoms with E-state index in [-0.39, 0.29) is 5.41 Å². The highest BCUT2D eigenvalue weighted by molar-refractivity contribution is 9.10. The molecule has 3 aromatic carbocycles. The van der Waals surface area contributed by atoms with Crippen molar-refractivity contribution in [3.63, 3.8) is 0 Å². The minimum Gasteiger partial charge on any atom is -0.398 e. The smallest absolute Gasteiger partial charge is 0.0397 e. The topological polar surface area (TPSA) is 26.0 Å². The average Bonchev–Trinajstić information content (AvgIpc) is 2.46. The molecule has 0 aliphatic carbocycles. The first-order chi connectivity index (χ1) is 10.4. The predicted molar refractivity (Wildman–Crippen MR) is 100 cm³/mol. The van der Waals surface area contributed by atoms with Crippen LogP contribution in [0.3, 0.4) is 0 Å². The van der Waals surface area contributed by atoms with Crippen LogP contribution in [-0.2, 0) is 5.41 Å². The first-order valence-corrected chi connectivity index (χ1v) is 8.24. The van der Waals surface area contributed by atoms with E-state index in [0.29, 0.717) is 0 Å². The van der Waals surface area contributed by atoms with Gasteiger partial charge in [0.15, 0.2) is 0 Å². The third-order valence-electron chi connectivity index (χ3n) is 4.04. The molecule has 0 fully saturated rings. The van der Waals surface area contributed by atoms with Crippen molar-refractivity contribution in [1.29, 1.82) is 0 Å². The van der Waals surface area contributed by atoms with Gasteiger partial charge in [-0.05, 0) is 45.5 Å². The molecule has 0 aromatic heterocycles. The van der Waals surface area contributed by atoms with E-state index < -0.39 is 0 Å². The van der Waals surface area contributed by atoms with Crippen LogP contribution in [0.15, 0.2) is 59.1 Å². The van der Waals surface area contributed by atoms with Crippen molar-refractivity contribution in [2.75, 3.05) is 5.73 Å². The van der Waals surface area contributed by atoms with Crippen LogP contribution in [-0.4, -0.2) is 0 Å². The Hall–Kier alpha value is -1.80. The molecular weight excluding hydrogens is 334 g/mol. The van der Waals surface area contributed by atoms with Crippen molar-refractivity contribution in [3.05, 3.63) is 64.6 Å². The number of nitrogen functional groups attached to an aromatic ring is 1. The highest BCUT2D eigenvalue weighted by Gasteiger charge is 2.16. The SMILES string of the molecule is CC(C)(C)c1ccc(-c2cc3ccccc3cc2Br)c(N)c1. The Labute approximate surface area is 140 Å². The summed E-state index contributed by atoms with van der Waals surface area (Å²) in [4.78, 5) is 0. The fraction of sp³-hybridized carbons (Fsp3) is 0.200. The molecule has 3 rings (SSSR count). The molecule has 112 valence electrons. The van der Waals surface area contributed by atoms with Gasteiger partial charge in [-0.1, -0.05) is 73.1 Å². The van der Waals surface area contributed by atoms with E-state index in [1.807, 2.05) is 0 Å². The minimum absolute atomic E-state index is 0.104. The fourth-order valence-electron chi connectivity index (χ4n) is 2.69. The summed E-state index contributed by atoms with van der Waals surface area (Å²) >= 11 is 3.69. The van der Waals surface area contributed by atoms with Crippen LogP contribution in [0.25, 0.3) is 21.9 Å². The lowest BCUT2D eigenvalue weighted by molar-refractivity contribution is 0.590. The lowest BCUT2D eigenvalue weighted by Gasteiger charge is -2.21. The quantitative estimate of drug-likeness (QED) is 0.521. The van der Waals surface area contributed by atoms with Gasteiger partial charge in [-0.25, -0.2) is 0 Å². The molecular formula is C20H20BrN. The summed E-state index contributed by atoms with van der Waals surface area (Å²) in [5.74, 6) is 0. The van der Waals surface area contributed by atoms with E-state index in [1.54, 1.807) is 0 Å². The maximum absolute atomic E-state index is 6.34. The van der Waals surface area contributed by atoms with E-state index >= 15 is 0 Å².